The quantitative estimate of drug-likeness (QED) is 0.676. The molecule has 3 aromatic rings. The Kier molecular flexibility index (Phi) is 4.32. The first-order chi connectivity index (χ1) is 11.8. The third kappa shape index (κ3) is 3.35. The highest BCUT2D eigenvalue weighted by Gasteiger charge is 2.21. The molecule has 4 rings (SSSR count). The van der Waals surface area contributed by atoms with Crippen LogP contribution in [0.3, 0.4) is 0 Å². The van der Waals surface area contributed by atoms with Crippen LogP contribution in [0, 0.1) is 6.92 Å². The van der Waals surface area contributed by atoms with E-state index in [-0.39, 0.29) is 0 Å². The summed E-state index contributed by atoms with van der Waals surface area (Å²) in [4.78, 5) is 4.41. The van der Waals surface area contributed by atoms with E-state index < -0.39 is 0 Å². The lowest BCUT2D eigenvalue weighted by molar-refractivity contribution is 0.121. The van der Waals surface area contributed by atoms with Crippen LogP contribution >= 0.6 is 0 Å². The molecule has 1 aromatic carbocycles. The second-order valence-corrected chi connectivity index (χ2v) is 6.44. The van der Waals surface area contributed by atoms with Gasteiger partial charge in [0.1, 0.15) is 0 Å². The van der Waals surface area contributed by atoms with Crippen LogP contribution < -0.4 is 5.32 Å². The van der Waals surface area contributed by atoms with Crippen LogP contribution in [0.5, 0.6) is 0 Å². The number of pyridine rings is 1. The molecule has 1 fully saturated rings. The number of hydrogen-bond acceptors (Lipinski definition) is 3. The van der Waals surface area contributed by atoms with E-state index in [9.17, 15) is 0 Å². The maximum atomic E-state index is 5.68. The van der Waals surface area contributed by atoms with E-state index in [1.165, 1.54) is 29.3 Å². The van der Waals surface area contributed by atoms with E-state index in [4.69, 9.17) is 4.74 Å². The number of ether oxygens (including phenoxy) is 1. The van der Waals surface area contributed by atoms with Gasteiger partial charge in [-0.15, -0.1) is 0 Å². The van der Waals surface area contributed by atoms with E-state index in [0.717, 1.165) is 31.1 Å². The third-order valence-electron chi connectivity index (χ3n) is 4.47. The topological polar surface area (TPSA) is 39.1 Å². The minimum atomic E-state index is 0.535. The zero-order chi connectivity index (χ0) is 16.4. The van der Waals surface area contributed by atoms with Crippen molar-refractivity contribution in [3.63, 3.8) is 0 Å². The molecule has 1 N–H and O–H groups in total. The van der Waals surface area contributed by atoms with Crippen molar-refractivity contribution in [1.82, 2.24) is 14.9 Å². The van der Waals surface area contributed by atoms with Gasteiger partial charge in [0.2, 0.25) is 0 Å². The highest BCUT2D eigenvalue weighted by atomic mass is 16.5. The number of fused-ring (bicyclic) bond motifs is 1. The third-order valence-corrected chi connectivity index (χ3v) is 4.47. The van der Waals surface area contributed by atoms with E-state index in [0.29, 0.717) is 6.10 Å². The Hall–Kier alpha value is -2.17. The molecule has 4 nitrogen and oxygen atoms in total. The zero-order valence-corrected chi connectivity index (χ0v) is 14.0. The van der Waals surface area contributed by atoms with Gasteiger partial charge in [-0.25, -0.2) is 0 Å². The number of hydrogen-bond donors (Lipinski definition) is 1. The van der Waals surface area contributed by atoms with Crippen molar-refractivity contribution in [2.45, 2.75) is 32.4 Å². The summed E-state index contributed by atoms with van der Waals surface area (Å²) < 4.78 is 7.87. The molecule has 2 heterocycles. The average molecular weight is 321 g/mol. The van der Waals surface area contributed by atoms with Crippen molar-refractivity contribution >= 4 is 10.9 Å². The summed E-state index contributed by atoms with van der Waals surface area (Å²) in [6.45, 7) is 4.57. The van der Waals surface area contributed by atoms with Crippen molar-refractivity contribution in [2.24, 2.45) is 0 Å². The fraction of sp³-hybridized carbons (Fsp3) is 0.350. The first-order valence-electron chi connectivity index (χ1n) is 8.65. The molecule has 0 aliphatic heterocycles. The van der Waals surface area contributed by atoms with Gasteiger partial charge < -0.3 is 14.6 Å². The van der Waals surface area contributed by atoms with Crippen LogP contribution in [-0.2, 0) is 11.3 Å². The van der Waals surface area contributed by atoms with Crippen LogP contribution in [-0.4, -0.2) is 28.8 Å². The van der Waals surface area contributed by atoms with Crippen LogP contribution in [0.15, 0.2) is 48.8 Å². The molecule has 1 aliphatic carbocycles. The van der Waals surface area contributed by atoms with Crippen molar-refractivity contribution in [2.75, 3.05) is 13.2 Å². The number of rotatable bonds is 7. The molecule has 0 amide bonds. The molecular weight excluding hydrogens is 298 g/mol. The van der Waals surface area contributed by atoms with Gasteiger partial charge in [0.05, 0.1) is 30.1 Å². The zero-order valence-electron chi connectivity index (χ0n) is 14.0. The van der Waals surface area contributed by atoms with Crippen molar-refractivity contribution in [3.8, 4) is 5.69 Å². The normalized spacial score (nSPS) is 14.4. The van der Waals surface area contributed by atoms with Gasteiger partial charge in [-0.3, -0.25) is 4.98 Å². The number of nitrogens with zero attached hydrogens (tertiary/aromatic N) is 2. The lowest BCUT2D eigenvalue weighted by Crippen LogP contribution is -2.19. The predicted octanol–water partition coefficient (Wildman–Crippen LogP) is 3.60. The van der Waals surface area contributed by atoms with Gasteiger partial charge in [-0.2, -0.15) is 0 Å². The standard InChI is InChI=1S/C20H23N3O/c1-15-5-6-17(14-22-15)23-11-9-19-16(3-2-4-20(19)23)13-21-10-12-24-18-7-8-18/h2-6,9,11,14,18,21H,7-8,10,12-13H2,1H3. The number of benzene rings is 1. The molecule has 0 unspecified atom stereocenters. The van der Waals surface area contributed by atoms with E-state index in [1.54, 1.807) is 0 Å². The number of aromatic nitrogens is 2. The van der Waals surface area contributed by atoms with Gasteiger partial charge in [0.15, 0.2) is 0 Å². The Morgan fingerprint density at radius 3 is 2.92 bits per heavy atom. The van der Waals surface area contributed by atoms with E-state index in [2.05, 4.69) is 51.4 Å². The van der Waals surface area contributed by atoms with Gasteiger partial charge in [-0.1, -0.05) is 12.1 Å². The minimum Gasteiger partial charge on any atom is -0.377 e. The molecule has 0 saturated heterocycles. The SMILES string of the molecule is Cc1ccc(-n2ccc3c(CNCCOC4CC4)cccc32)cn1. The maximum Gasteiger partial charge on any atom is 0.0639 e. The molecule has 0 bridgehead atoms. The largest absolute Gasteiger partial charge is 0.377 e. The summed E-state index contributed by atoms with van der Waals surface area (Å²) in [5, 5.41) is 4.77. The maximum absolute atomic E-state index is 5.68. The summed E-state index contributed by atoms with van der Waals surface area (Å²) in [5.41, 5.74) is 4.67. The highest BCUT2D eigenvalue weighted by Crippen LogP contribution is 2.24. The van der Waals surface area contributed by atoms with Crippen LogP contribution in [0.25, 0.3) is 16.6 Å². The Morgan fingerprint density at radius 1 is 1.21 bits per heavy atom. The van der Waals surface area contributed by atoms with Crippen molar-refractivity contribution in [1.29, 1.82) is 0 Å². The van der Waals surface area contributed by atoms with Gasteiger partial charge in [0, 0.05) is 30.4 Å². The predicted molar refractivity (Wildman–Crippen MR) is 96.5 cm³/mol. The van der Waals surface area contributed by atoms with Gasteiger partial charge >= 0.3 is 0 Å². The highest BCUT2D eigenvalue weighted by molar-refractivity contribution is 5.85. The lowest BCUT2D eigenvalue weighted by atomic mass is 10.1. The first-order valence-corrected chi connectivity index (χ1v) is 8.65. The van der Waals surface area contributed by atoms with Crippen LogP contribution in [0.1, 0.15) is 24.1 Å². The average Bonchev–Trinajstić information content (AvgIpc) is 3.32. The van der Waals surface area contributed by atoms with Crippen molar-refractivity contribution in [3.05, 3.63) is 60.0 Å². The summed E-state index contributed by atoms with van der Waals surface area (Å²) in [6, 6.07) is 12.8. The minimum absolute atomic E-state index is 0.535. The Labute approximate surface area is 142 Å². The Balaban J connectivity index is 1.49. The van der Waals surface area contributed by atoms with Gasteiger partial charge in [-0.05, 0) is 49.6 Å². The molecule has 124 valence electrons. The lowest BCUT2D eigenvalue weighted by Gasteiger charge is -2.09. The fourth-order valence-corrected chi connectivity index (χ4v) is 2.97. The number of nitrogens with one attached hydrogen (secondary N) is 1. The Bertz CT molecular complexity index is 819. The molecule has 1 saturated carbocycles. The van der Waals surface area contributed by atoms with Gasteiger partial charge in [0.25, 0.3) is 0 Å². The fourth-order valence-electron chi connectivity index (χ4n) is 2.97. The monoisotopic (exact) mass is 321 g/mol. The molecular formula is C20H23N3O. The van der Waals surface area contributed by atoms with E-state index >= 15 is 0 Å². The molecule has 24 heavy (non-hydrogen) atoms. The summed E-state index contributed by atoms with van der Waals surface area (Å²) in [7, 11) is 0. The second kappa shape index (κ2) is 6.75. The summed E-state index contributed by atoms with van der Waals surface area (Å²) in [5.74, 6) is 0. The molecule has 0 spiro atoms. The summed E-state index contributed by atoms with van der Waals surface area (Å²) >= 11 is 0. The molecule has 0 atom stereocenters. The molecule has 1 aliphatic rings. The van der Waals surface area contributed by atoms with Crippen LogP contribution in [0.2, 0.25) is 0 Å². The first kappa shape index (κ1) is 15.4. The second-order valence-electron chi connectivity index (χ2n) is 6.44. The molecule has 2 aromatic heterocycles. The Morgan fingerprint density at radius 2 is 2.12 bits per heavy atom. The van der Waals surface area contributed by atoms with E-state index in [1.807, 2.05) is 19.2 Å². The number of aryl methyl sites for hydroxylation is 1. The smallest absolute Gasteiger partial charge is 0.0639 e. The van der Waals surface area contributed by atoms with Crippen LogP contribution in [0.4, 0.5) is 0 Å². The molecule has 4 heteroatoms. The summed E-state index contributed by atoms with van der Waals surface area (Å²) in [6.07, 6.45) is 7.06. The molecule has 0 radical (unpaired) electrons. The van der Waals surface area contributed by atoms with Crippen molar-refractivity contribution < 1.29 is 4.74 Å².